The minimum Gasteiger partial charge on any atom is -0.478 e. The maximum absolute atomic E-state index is 11.3. The number of fused-ring (bicyclic) bond motifs is 1. The van der Waals surface area contributed by atoms with E-state index in [-0.39, 0.29) is 5.56 Å². The number of para-hydroxylation sites is 1. The number of nitrogens with zero attached hydrogens (tertiary/aromatic N) is 2. The molecule has 5 nitrogen and oxygen atoms in total. The Labute approximate surface area is 139 Å². The Morgan fingerprint density at radius 3 is 2.79 bits per heavy atom. The van der Waals surface area contributed by atoms with Crippen LogP contribution in [0.15, 0.2) is 48.5 Å². The van der Waals surface area contributed by atoms with E-state index in [1.54, 1.807) is 30.3 Å². The molecule has 0 spiro atoms. The first-order valence-corrected chi connectivity index (χ1v) is 7.45. The van der Waals surface area contributed by atoms with E-state index in [0.29, 0.717) is 17.9 Å². The molecule has 0 bridgehead atoms. The molecule has 0 atom stereocenters. The van der Waals surface area contributed by atoms with Crippen molar-refractivity contribution in [1.82, 2.24) is 4.98 Å². The van der Waals surface area contributed by atoms with Crippen LogP contribution in [-0.2, 0) is 6.54 Å². The van der Waals surface area contributed by atoms with Gasteiger partial charge in [-0.15, -0.1) is 0 Å². The van der Waals surface area contributed by atoms with Crippen LogP contribution in [0.5, 0.6) is 0 Å². The van der Waals surface area contributed by atoms with Crippen molar-refractivity contribution in [2.45, 2.75) is 13.5 Å². The number of aryl methyl sites for hydroxylation is 1. The average molecular weight is 317 g/mol. The van der Waals surface area contributed by atoms with Crippen molar-refractivity contribution in [2.24, 2.45) is 0 Å². The Hall–Kier alpha value is -3.39. The molecule has 0 aliphatic carbocycles. The van der Waals surface area contributed by atoms with Gasteiger partial charge in [0, 0.05) is 17.6 Å². The number of aromatic carboxylic acids is 1. The summed E-state index contributed by atoms with van der Waals surface area (Å²) in [6, 6.07) is 16.4. The molecule has 1 aromatic heterocycles. The number of carboxylic acids is 1. The molecule has 0 unspecified atom stereocenters. The molecule has 0 aliphatic heterocycles. The number of rotatable bonds is 4. The third kappa shape index (κ3) is 3.03. The second-order valence-electron chi connectivity index (χ2n) is 5.50. The van der Waals surface area contributed by atoms with Crippen LogP contribution in [0.1, 0.15) is 27.2 Å². The minimum atomic E-state index is -0.965. The van der Waals surface area contributed by atoms with E-state index in [1.165, 1.54) is 0 Å². The standard InChI is InChI=1S/C19H15N3O2/c1-12-8-13(15-7-6-14(10-20)22-18(15)9-12)11-21-17-5-3-2-4-16(17)19(23)24/h2-9,21H,11H2,1H3,(H,23,24). The SMILES string of the molecule is Cc1cc(CNc2ccccc2C(=O)O)c2ccc(C#N)nc2c1. The molecule has 24 heavy (non-hydrogen) atoms. The molecule has 0 amide bonds. The first kappa shape index (κ1) is 15.5. The van der Waals surface area contributed by atoms with Gasteiger partial charge < -0.3 is 10.4 Å². The van der Waals surface area contributed by atoms with Crippen LogP contribution in [0.3, 0.4) is 0 Å². The minimum absolute atomic E-state index is 0.236. The Morgan fingerprint density at radius 1 is 1.25 bits per heavy atom. The zero-order valence-corrected chi connectivity index (χ0v) is 13.1. The number of carboxylic acid groups (broad SMARTS) is 1. The monoisotopic (exact) mass is 317 g/mol. The Morgan fingerprint density at radius 2 is 2.04 bits per heavy atom. The highest BCUT2D eigenvalue weighted by molar-refractivity contribution is 5.94. The summed E-state index contributed by atoms with van der Waals surface area (Å²) in [6.07, 6.45) is 0. The highest BCUT2D eigenvalue weighted by atomic mass is 16.4. The number of hydrogen-bond donors (Lipinski definition) is 2. The fourth-order valence-electron chi connectivity index (χ4n) is 2.69. The lowest BCUT2D eigenvalue weighted by molar-refractivity contribution is 0.0698. The van der Waals surface area contributed by atoms with Crippen LogP contribution in [0.2, 0.25) is 0 Å². The van der Waals surface area contributed by atoms with Crippen LogP contribution < -0.4 is 5.32 Å². The number of benzene rings is 2. The van der Waals surface area contributed by atoms with Crippen LogP contribution in [0, 0.1) is 18.3 Å². The number of anilines is 1. The Balaban J connectivity index is 1.96. The fourth-order valence-corrected chi connectivity index (χ4v) is 2.69. The zero-order chi connectivity index (χ0) is 17.1. The summed E-state index contributed by atoms with van der Waals surface area (Å²) in [7, 11) is 0. The van der Waals surface area contributed by atoms with Gasteiger partial charge in [0.2, 0.25) is 0 Å². The number of pyridine rings is 1. The molecule has 0 saturated heterocycles. The fraction of sp³-hybridized carbons (Fsp3) is 0.105. The molecular formula is C19H15N3O2. The van der Waals surface area contributed by atoms with Crippen LogP contribution >= 0.6 is 0 Å². The summed E-state index contributed by atoms with van der Waals surface area (Å²) in [5.74, 6) is -0.965. The highest BCUT2D eigenvalue weighted by Crippen LogP contribution is 2.22. The third-order valence-electron chi connectivity index (χ3n) is 3.78. The smallest absolute Gasteiger partial charge is 0.337 e. The summed E-state index contributed by atoms with van der Waals surface area (Å²) in [6.45, 7) is 2.44. The van der Waals surface area contributed by atoms with Gasteiger partial charge in [-0.3, -0.25) is 0 Å². The normalized spacial score (nSPS) is 10.3. The Kier molecular flexibility index (Phi) is 4.13. The molecule has 0 saturated carbocycles. The number of aromatic nitrogens is 1. The van der Waals surface area contributed by atoms with Crippen molar-refractivity contribution in [1.29, 1.82) is 5.26 Å². The van der Waals surface area contributed by atoms with Gasteiger partial charge in [0.1, 0.15) is 11.8 Å². The molecule has 3 aromatic rings. The van der Waals surface area contributed by atoms with Crippen molar-refractivity contribution in [2.75, 3.05) is 5.32 Å². The van der Waals surface area contributed by atoms with Gasteiger partial charge >= 0.3 is 5.97 Å². The van der Waals surface area contributed by atoms with Gasteiger partial charge in [-0.1, -0.05) is 18.2 Å². The largest absolute Gasteiger partial charge is 0.478 e. The lowest BCUT2D eigenvalue weighted by Crippen LogP contribution is -2.07. The van der Waals surface area contributed by atoms with Gasteiger partial charge in [0.05, 0.1) is 11.1 Å². The number of nitriles is 1. The van der Waals surface area contributed by atoms with Crippen molar-refractivity contribution < 1.29 is 9.90 Å². The topological polar surface area (TPSA) is 86.0 Å². The molecule has 0 fully saturated rings. The van der Waals surface area contributed by atoms with Crippen LogP contribution in [0.4, 0.5) is 5.69 Å². The average Bonchev–Trinajstić information content (AvgIpc) is 2.59. The lowest BCUT2D eigenvalue weighted by Gasteiger charge is -2.12. The molecule has 3 rings (SSSR count). The highest BCUT2D eigenvalue weighted by Gasteiger charge is 2.10. The zero-order valence-electron chi connectivity index (χ0n) is 13.1. The second-order valence-corrected chi connectivity index (χ2v) is 5.50. The molecule has 118 valence electrons. The quantitative estimate of drug-likeness (QED) is 0.766. The number of nitrogens with one attached hydrogen (secondary N) is 1. The maximum atomic E-state index is 11.3. The van der Waals surface area contributed by atoms with Crippen LogP contribution in [-0.4, -0.2) is 16.1 Å². The second kappa shape index (κ2) is 6.39. The first-order valence-electron chi connectivity index (χ1n) is 7.45. The van der Waals surface area contributed by atoms with E-state index in [1.807, 2.05) is 31.2 Å². The summed E-state index contributed by atoms with van der Waals surface area (Å²) >= 11 is 0. The molecule has 1 heterocycles. The van der Waals surface area contributed by atoms with Crippen molar-refractivity contribution in [3.05, 3.63) is 70.9 Å². The summed E-state index contributed by atoms with van der Waals surface area (Å²) in [5.41, 5.74) is 3.98. The van der Waals surface area contributed by atoms with Crippen molar-refractivity contribution in [3.8, 4) is 6.07 Å². The molecular weight excluding hydrogens is 302 g/mol. The predicted octanol–water partition coefficient (Wildman–Crippen LogP) is 3.73. The van der Waals surface area contributed by atoms with E-state index >= 15 is 0 Å². The number of hydrogen-bond acceptors (Lipinski definition) is 4. The van der Waals surface area contributed by atoms with Gasteiger partial charge in [0.25, 0.3) is 0 Å². The van der Waals surface area contributed by atoms with Gasteiger partial charge in [0.15, 0.2) is 0 Å². The summed E-state index contributed by atoms with van der Waals surface area (Å²) < 4.78 is 0. The van der Waals surface area contributed by atoms with E-state index < -0.39 is 5.97 Å². The van der Waals surface area contributed by atoms with Crippen molar-refractivity contribution in [3.63, 3.8) is 0 Å². The van der Waals surface area contributed by atoms with Gasteiger partial charge in [-0.2, -0.15) is 5.26 Å². The van der Waals surface area contributed by atoms with Gasteiger partial charge in [-0.05, 0) is 48.4 Å². The third-order valence-corrected chi connectivity index (χ3v) is 3.78. The van der Waals surface area contributed by atoms with Gasteiger partial charge in [-0.25, -0.2) is 9.78 Å². The van der Waals surface area contributed by atoms with E-state index in [9.17, 15) is 9.90 Å². The Bertz CT molecular complexity index is 974. The van der Waals surface area contributed by atoms with E-state index in [4.69, 9.17) is 5.26 Å². The summed E-state index contributed by atoms with van der Waals surface area (Å²) in [4.78, 5) is 15.6. The molecule has 0 aliphatic rings. The van der Waals surface area contributed by atoms with E-state index in [0.717, 1.165) is 22.0 Å². The summed E-state index contributed by atoms with van der Waals surface area (Å²) in [5, 5.41) is 22.4. The number of carbonyl (C=O) groups is 1. The molecule has 2 aromatic carbocycles. The maximum Gasteiger partial charge on any atom is 0.337 e. The van der Waals surface area contributed by atoms with E-state index in [2.05, 4.69) is 10.3 Å². The predicted molar refractivity (Wildman–Crippen MR) is 91.9 cm³/mol. The first-order chi connectivity index (χ1) is 11.6. The molecule has 5 heteroatoms. The molecule has 2 N–H and O–H groups in total. The lowest BCUT2D eigenvalue weighted by atomic mass is 10.0. The molecule has 0 radical (unpaired) electrons. The van der Waals surface area contributed by atoms with Crippen molar-refractivity contribution >= 4 is 22.6 Å². The van der Waals surface area contributed by atoms with Crippen LogP contribution in [0.25, 0.3) is 10.9 Å².